The smallest absolute Gasteiger partial charge is 0.275 e. The molecule has 0 aliphatic heterocycles. The molecule has 0 spiro atoms. The molecule has 1 aromatic heterocycles. The predicted molar refractivity (Wildman–Crippen MR) is 81.8 cm³/mol. The fraction of sp³-hybridized carbons (Fsp3) is 0.286. The number of hydrogen-bond donors (Lipinski definition) is 2. The van der Waals surface area contributed by atoms with Crippen molar-refractivity contribution in [2.75, 3.05) is 19.4 Å². The molecule has 20 heavy (non-hydrogen) atoms. The van der Waals surface area contributed by atoms with Crippen molar-refractivity contribution in [3.8, 4) is 0 Å². The van der Waals surface area contributed by atoms with Crippen LogP contribution in [-0.2, 0) is 13.1 Å². The second-order valence-corrected chi connectivity index (χ2v) is 5.62. The Morgan fingerprint density at radius 2 is 2.15 bits per heavy atom. The van der Waals surface area contributed by atoms with E-state index in [1.165, 1.54) is 11.3 Å². The molecule has 6 heteroatoms. The summed E-state index contributed by atoms with van der Waals surface area (Å²) in [5, 5.41) is 5.40. The number of thiazole rings is 1. The van der Waals surface area contributed by atoms with E-state index in [0.29, 0.717) is 12.2 Å². The van der Waals surface area contributed by atoms with Gasteiger partial charge in [-0.3, -0.25) is 4.79 Å². The molecule has 0 unspecified atom stereocenters. The van der Waals surface area contributed by atoms with Crippen LogP contribution in [0.1, 0.15) is 21.1 Å². The first-order valence-corrected chi connectivity index (χ1v) is 7.16. The molecule has 2 aromatic rings. The van der Waals surface area contributed by atoms with E-state index >= 15 is 0 Å². The van der Waals surface area contributed by atoms with Crippen LogP contribution < -0.4 is 11.1 Å². The maximum Gasteiger partial charge on any atom is 0.275 e. The summed E-state index contributed by atoms with van der Waals surface area (Å²) in [5.74, 6) is -0.202. The Morgan fingerprint density at radius 1 is 1.40 bits per heavy atom. The first-order valence-electron chi connectivity index (χ1n) is 6.28. The van der Waals surface area contributed by atoms with E-state index < -0.39 is 0 Å². The lowest BCUT2D eigenvalue weighted by atomic mass is 10.1. The number of carbonyl (C=O) groups is 1. The van der Waals surface area contributed by atoms with Gasteiger partial charge in [0.25, 0.3) is 5.91 Å². The lowest BCUT2D eigenvalue weighted by molar-refractivity contribution is 0.102. The predicted octanol–water partition coefficient (Wildman–Crippen LogP) is 1.92. The van der Waals surface area contributed by atoms with Crippen LogP contribution in [0, 0.1) is 0 Å². The number of rotatable bonds is 5. The quantitative estimate of drug-likeness (QED) is 0.882. The summed E-state index contributed by atoms with van der Waals surface area (Å²) in [7, 11) is 3.99. The highest BCUT2D eigenvalue weighted by molar-refractivity contribution is 7.09. The fourth-order valence-electron chi connectivity index (χ4n) is 1.82. The van der Waals surface area contributed by atoms with Crippen molar-refractivity contribution in [3.63, 3.8) is 0 Å². The summed E-state index contributed by atoms with van der Waals surface area (Å²) >= 11 is 1.40. The third-order valence-electron chi connectivity index (χ3n) is 2.71. The largest absolute Gasteiger partial charge is 0.325 e. The fourth-order valence-corrected chi connectivity index (χ4v) is 2.47. The van der Waals surface area contributed by atoms with Crippen LogP contribution in [0.3, 0.4) is 0 Å². The zero-order chi connectivity index (χ0) is 14.5. The standard InChI is InChI=1S/C14H18N4OS/c1-18(2)8-10-5-3-4-6-11(10)17-14(19)12-9-20-13(7-15)16-12/h3-6,9H,7-8,15H2,1-2H3,(H,17,19). The summed E-state index contributed by atoms with van der Waals surface area (Å²) < 4.78 is 0. The molecule has 1 amide bonds. The molecule has 1 aromatic carbocycles. The van der Waals surface area contributed by atoms with E-state index in [1.54, 1.807) is 5.38 Å². The van der Waals surface area contributed by atoms with Gasteiger partial charge in [0.15, 0.2) is 0 Å². The maximum atomic E-state index is 12.2. The number of nitrogens with one attached hydrogen (secondary N) is 1. The molecular weight excluding hydrogens is 272 g/mol. The Labute approximate surface area is 122 Å². The number of anilines is 1. The zero-order valence-electron chi connectivity index (χ0n) is 11.6. The summed E-state index contributed by atoms with van der Waals surface area (Å²) in [5.41, 5.74) is 7.80. The third kappa shape index (κ3) is 3.63. The van der Waals surface area contributed by atoms with Crippen molar-refractivity contribution in [2.24, 2.45) is 5.73 Å². The molecule has 0 bridgehead atoms. The lowest BCUT2D eigenvalue weighted by Crippen LogP contribution is -2.17. The van der Waals surface area contributed by atoms with E-state index in [1.807, 2.05) is 38.4 Å². The van der Waals surface area contributed by atoms with E-state index in [0.717, 1.165) is 22.8 Å². The van der Waals surface area contributed by atoms with Crippen LogP contribution in [-0.4, -0.2) is 29.9 Å². The SMILES string of the molecule is CN(C)Cc1ccccc1NC(=O)c1csc(CN)n1. The molecular formula is C14H18N4OS. The lowest BCUT2D eigenvalue weighted by Gasteiger charge is -2.14. The monoisotopic (exact) mass is 290 g/mol. The summed E-state index contributed by atoms with van der Waals surface area (Å²) in [6.45, 7) is 1.12. The minimum absolute atomic E-state index is 0.202. The number of carbonyl (C=O) groups excluding carboxylic acids is 1. The molecule has 0 aliphatic rings. The Hall–Kier alpha value is -1.76. The van der Waals surface area contributed by atoms with E-state index in [-0.39, 0.29) is 5.91 Å². The molecule has 106 valence electrons. The van der Waals surface area contributed by atoms with Gasteiger partial charge in [-0.05, 0) is 25.7 Å². The molecule has 0 saturated heterocycles. The van der Waals surface area contributed by atoms with Gasteiger partial charge in [-0.25, -0.2) is 4.98 Å². The van der Waals surface area contributed by atoms with Crippen LogP contribution in [0.4, 0.5) is 5.69 Å². The second-order valence-electron chi connectivity index (χ2n) is 4.68. The zero-order valence-corrected chi connectivity index (χ0v) is 12.4. The van der Waals surface area contributed by atoms with Gasteiger partial charge >= 0.3 is 0 Å². The van der Waals surface area contributed by atoms with Crippen LogP contribution in [0.5, 0.6) is 0 Å². The molecule has 5 nitrogen and oxygen atoms in total. The van der Waals surface area contributed by atoms with Gasteiger partial charge in [-0.2, -0.15) is 0 Å². The molecule has 3 N–H and O–H groups in total. The van der Waals surface area contributed by atoms with Crippen molar-refractivity contribution < 1.29 is 4.79 Å². The van der Waals surface area contributed by atoms with Gasteiger partial charge in [-0.15, -0.1) is 11.3 Å². The van der Waals surface area contributed by atoms with E-state index in [9.17, 15) is 4.79 Å². The van der Waals surface area contributed by atoms with Crippen LogP contribution in [0.15, 0.2) is 29.6 Å². The number of aromatic nitrogens is 1. The number of para-hydroxylation sites is 1. The number of nitrogens with two attached hydrogens (primary N) is 1. The maximum absolute atomic E-state index is 12.2. The molecule has 1 heterocycles. The van der Waals surface area contributed by atoms with E-state index in [2.05, 4.69) is 15.2 Å². The minimum atomic E-state index is -0.202. The van der Waals surface area contributed by atoms with Crippen molar-refractivity contribution in [1.29, 1.82) is 0 Å². The summed E-state index contributed by atoms with van der Waals surface area (Å²) in [6, 6.07) is 7.76. The van der Waals surface area contributed by atoms with Crippen molar-refractivity contribution >= 4 is 22.9 Å². The Kier molecular flexibility index (Phi) is 4.84. The van der Waals surface area contributed by atoms with Crippen molar-refractivity contribution in [1.82, 2.24) is 9.88 Å². The molecule has 0 saturated carbocycles. The number of amides is 1. The third-order valence-corrected chi connectivity index (χ3v) is 3.58. The minimum Gasteiger partial charge on any atom is -0.325 e. The topological polar surface area (TPSA) is 71.2 Å². The normalized spacial score (nSPS) is 10.8. The highest BCUT2D eigenvalue weighted by Gasteiger charge is 2.12. The molecule has 2 rings (SSSR count). The summed E-state index contributed by atoms with van der Waals surface area (Å²) in [4.78, 5) is 18.4. The molecule has 0 atom stereocenters. The van der Waals surface area contributed by atoms with Crippen molar-refractivity contribution in [3.05, 3.63) is 45.9 Å². The average molecular weight is 290 g/mol. The van der Waals surface area contributed by atoms with Crippen LogP contribution >= 0.6 is 11.3 Å². The number of nitrogens with zero attached hydrogens (tertiary/aromatic N) is 2. The van der Waals surface area contributed by atoms with Gasteiger partial charge in [0.05, 0.1) is 0 Å². The highest BCUT2D eigenvalue weighted by atomic mass is 32.1. The first kappa shape index (κ1) is 14.6. The number of hydrogen-bond acceptors (Lipinski definition) is 5. The first-order chi connectivity index (χ1) is 9.60. The van der Waals surface area contributed by atoms with Gasteiger partial charge in [0.2, 0.25) is 0 Å². The highest BCUT2D eigenvalue weighted by Crippen LogP contribution is 2.18. The Balaban J connectivity index is 2.15. The van der Waals surface area contributed by atoms with Crippen LogP contribution in [0.25, 0.3) is 0 Å². The van der Waals surface area contributed by atoms with Gasteiger partial charge in [0, 0.05) is 24.2 Å². The van der Waals surface area contributed by atoms with Gasteiger partial charge in [-0.1, -0.05) is 18.2 Å². The Morgan fingerprint density at radius 3 is 2.80 bits per heavy atom. The van der Waals surface area contributed by atoms with Crippen LogP contribution in [0.2, 0.25) is 0 Å². The van der Waals surface area contributed by atoms with E-state index in [4.69, 9.17) is 5.73 Å². The average Bonchev–Trinajstić information content (AvgIpc) is 2.89. The van der Waals surface area contributed by atoms with Gasteiger partial charge < -0.3 is 16.0 Å². The summed E-state index contributed by atoms with van der Waals surface area (Å²) in [6.07, 6.45) is 0. The molecule has 0 fully saturated rings. The van der Waals surface area contributed by atoms with Crippen molar-refractivity contribution in [2.45, 2.75) is 13.1 Å². The second kappa shape index (κ2) is 6.60. The molecule has 0 radical (unpaired) electrons. The number of benzene rings is 1. The molecule has 0 aliphatic carbocycles. The van der Waals surface area contributed by atoms with Gasteiger partial charge in [0.1, 0.15) is 10.7 Å². The Bertz CT molecular complexity index is 594.